The Bertz CT molecular complexity index is 164. The number of hydrogen-bond donors (Lipinski definition) is 1. The van der Waals surface area contributed by atoms with Crippen molar-refractivity contribution in [3.63, 3.8) is 0 Å². The molecule has 0 bridgehead atoms. The lowest BCUT2D eigenvalue weighted by molar-refractivity contribution is 0.0716. The van der Waals surface area contributed by atoms with Crippen molar-refractivity contribution in [2.75, 3.05) is 39.5 Å². The lowest BCUT2D eigenvalue weighted by atomic mass is 10.3. The first-order chi connectivity index (χ1) is 7.38. The molecule has 3 heteroatoms. The molecule has 2 fully saturated rings. The molecule has 0 aromatic heterocycles. The largest absolute Gasteiger partial charge is 0.394 e. The van der Waals surface area contributed by atoms with Crippen molar-refractivity contribution in [1.29, 1.82) is 0 Å². The number of hydrogen-bond acceptors (Lipinski definition) is 3. The highest BCUT2D eigenvalue weighted by Gasteiger charge is 2.28. The van der Waals surface area contributed by atoms with Crippen LogP contribution < -0.4 is 0 Å². The van der Waals surface area contributed by atoms with Crippen LogP contribution in [0.2, 0.25) is 0 Å². The molecule has 2 aliphatic rings. The highest BCUT2D eigenvalue weighted by molar-refractivity contribution is 4.82. The van der Waals surface area contributed by atoms with Crippen molar-refractivity contribution in [1.82, 2.24) is 4.90 Å². The van der Waals surface area contributed by atoms with Gasteiger partial charge in [0.25, 0.3) is 0 Å². The minimum Gasteiger partial charge on any atom is -0.394 e. The molecule has 3 nitrogen and oxygen atoms in total. The molecular formula is C12H23NO2. The predicted octanol–water partition coefficient (Wildman–Crippen LogP) is 1.12. The van der Waals surface area contributed by atoms with Crippen LogP contribution in [-0.2, 0) is 4.74 Å². The fraction of sp³-hybridized carbons (Fsp3) is 1.00. The van der Waals surface area contributed by atoms with Crippen molar-refractivity contribution in [3.05, 3.63) is 0 Å². The number of aliphatic hydroxyl groups is 1. The zero-order chi connectivity index (χ0) is 10.5. The summed E-state index contributed by atoms with van der Waals surface area (Å²) in [7, 11) is 0. The van der Waals surface area contributed by atoms with E-state index in [0.717, 1.165) is 25.0 Å². The van der Waals surface area contributed by atoms with Gasteiger partial charge in [-0.15, -0.1) is 0 Å². The van der Waals surface area contributed by atoms with E-state index in [1.54, 1.807) is 0 Å². The van der Waals surface area contributed by atoms with Crippen molar-refractivity contribution < 1.29 is 9.84 Å². The number of rotatable bonds is 9. The van der Waals surface area contributed by atoms with Crippen molar-refractivity contribution in [2.45, 2.75) is 25.7 Å². The van der Waals surface area contributed by atoms with Gasteiger partial charge in [-0.1, -0.05) is 0 Å². The van der Waals surface area contributed by atoms with Crippen LogP contribution in [0.25, 0.3) is 0 Å². The second-order valence-corrected chi connectivity index (χ2v) is 4.98. The fourth-order valence-electron chi connectivity index (χ4n) is 1.95. The zero-order valence-electron chi connectivity index (χ0n) is 9.53. The molecule has 0 unspecified atom stereocenters. The Morgan fingerprint density at radius 2 is 1.60 bits per heavy atom. The van der Waals surface area contributed by atoms with E-state index < -0.39 is 0 Å². The molecule has 0 aromatic carbocycles. The van der Waals surface area contributed by atoms with Crippen LogP contribution in [0.4, 0.5) is 0 Å². The Labute approximate surface area is 92.4 Å². The lowest BCUT2D eigenvalue weighted by Gasteiger charge is -2.21. The van der Waals surface area contributed by atoms with Crippen LogP contribution in [-0.4, -0.2) is 49.5 Å². The van der Waals surface area contributed by atoms with Gasteiger partial charge in [0.2, 0.25) is 0 Å². The fourth-order valence-corrected chi connectivity index (χ4v) is 1.95. The summed E-state index contributed by atoms with van der Waals surface area (Å²) in [4.78, 5) is 2.56. The van der Waals surface area contributed by atoms with E-state index in [1.165, 1.54) is 38.8 Å². The van der Waals surface area contributed by atoms with Gasteiger partial charge in [-0.25, -0.2) is 0 Å². The van der Waals surface area contributed by atoms with Gasteiger partial charge >= 0.3 is 0 Å². The van der Waals surface area contributed by atoms with Crippen LogP contribution >= 0.6 is 0 Å². The molecule has 2 rings (SSSR count). The molecule has 2 aliphatic carbocycles. The van der Waals surface area contributed by atoms with Gasteiger partial charge < -0.3 is 14.7 Å². The SMILES string of the molecule is OCCOCCN(CC1CC1)CC1CC1. The van der Waals surface area contributed by atoms with E-state index in [9.17, 15) is 0 Å². The maximum atomic E-state index is 8.60. The topological polar surface area (TPSA) is 32.7 Å². The molecule has 0 saturated heterocycles. The Balaban J connectivity index is 1.57. The van der Waals surface area contributed by atoms with Crippen molar-refractivity contribution >= 4 is 0 Å². The first-order valence-corrected chi connectivity index (χ1v) is 6.29. The molecule has 0 aliphatic heterocycles. The molecule has 15 heavy (non-hydrogen) atoms. The Morgan fingerprint density at radius 3 is 2.07 bits per heavy atom. The van der Waals surface area contributed by atoms with E-state index in [4.69, 9.17) is 9.84 Å². The third-order valence-electron chi connectivity index (χ3n) is 3.21. The van der Waals surface area contributed by atoms with Gasteiger partial charge in [-0.3, -0.25) is 0 Å². The van der Waals surface area contributed by atoms with Crippen molar-refractivity contribution in [2.24, 2.45) is 11.8 Å². The maximum absolute atomic E-state index is 8.60. The summed E-state index contributed by atoms with van der Waals surface area (Å²) < 4.78 is 5.33. The van der Waals surface area contributed by atoms with E-state index in [2.05, 4.69) is 4.90 Å². The molecule has 0 aromatic rings. The Kier molecular flexibility index (Phi) is 4.42. The summed E-state index contributed by atoms with van der Waals surface area (Å²) in [5, 5.41) is 8.60. The Hall–Kier alpha value is -0.120. The first kappa shape index (κ1) is 11.4. The van der Waals surface area contributed by atoms with E-state index in [-0.39, 0.29) is 6.61 Å². The minimum absolute atomic E-state index is 0.144. The molecule has 2 saturated carbocycles. The molecular weight excluding hydrogens is 190 g/mol. The van der Waals surface area contributed by atoms with E-state index in [0.29, 0.717) is 6.61 Å². The van der Waals surface area contributed by atoms with E-state index in [1.807, 2.05) is 0 Å². The average Bonchev–Trinajstić information content (AvgIpc) is 3.07. The number of aliphatic hydroxyl groups excluding tert-OH is 1. The van der Waals surface area contributed by atoms with E-state index >= 15 is 0 Å². The smallest absolute Gasteiger partial charge is 0.0698 e. The highest BCUT2D eigenvalue weighted by Crippen LogP contribution is 2.33. The monoisotopic (exact) mass is 213 g/mol. The second-order valence-electron chi connectivity index (χ2n) is 4.98. The molecule has 1 N–H and O–H groups in total. The molecule has 0 amide bonds. The van der Waals surface area contributed by atoms with Crippen LogP contribution in [0, 0.1) is 11.8 Å². The van der Waals surface area contributed by atoms with Gasteiger partial charge in [0, 0.05) is 19.6 Å². The average molecular weight is 213 g/mol. The quantitative estimate of drug-likeness (QED) is 0.583. The third-order valence-corrected chi connectivity index (χ3v) is 3.21. The molecule has 88 valence electrons. The van der Waals surface area contributed by atoms with Gasteiger partial charge in [0.05, 0.1) is 19.8 Å². The van der Waals surface area contributed by atoms with Crippen LogP contribution in [0.1, 0.15) is 25.7 Å². The van der Waals surface area contributed by atoms with Crippen LogP contribution in [0.15, 0.2) is 0 Å². The predicted molar refractivity (Wildman–Crippen MR) is 59.8 cm³/mol. The first-order valence-electron chi connectivity index (χ1n) is 6.29. The Morgan fingerprint density at radius 1 is 1.00 bits per heavy atom. The standard InChI is InChI=1S/C12H23NO2/c14-6-8-15-7-5-13(9-11-1-2-11)10-12-3-4-12/h11-12,14H,1-10H2. The highest BCUT2D eigenvalue weighted by atomic mass is 16.5. The lowest BCUT2D eigenvalue weighted by Crippen LogP contribution is -2.31. The summed E-state index contributed by atoms with van der Waals surface area (Å²) in [6, 6.07) is 0. The number of ether oxygens (including phenoxy) is 1. The summed E-state index contributed by atoms with van der Waals surface area (Å²) in [5.74, 6) is 1.95. The normalized spacial score (nSPS) is 21.2. The summed E-state index contributed by atoms with van der Waals surface area (Å²) in [6.45, 7) is 5.01. The maximum Gasteiger partial charge on any atom is 0.0698 e. The molecule has 0 heterocycles. The van der Waals surface area contributed by atoms with Crippen molar-refractivity contribution in [3.8, 4) is 0 Å². The zero-order valence-corrected chi connectivity index (χ0v) is 9.53. The van der Waals surface area contributed by atoms with Crippen LogP contribution in [0.5, 0.6) is 0 Å². The van der Waals surface area contributed by atoms with Gasteiger partial charge in [0.1, 0.15) is 0 Å². The second kappa shape index (κ2) is 5.83. The molecule has 0 atom stereocenters. The third kappa shape index (κ3) is 4.96. The van der Waals surface area contributed by atoms with Gasteiger partial charge in [-0.05, 0) is 37.5 Å². The summed E-state index contributed by atoms with van der Waals surface area (Å²) >= 11 is 0. The summed E-state index contributed by atoms with van der Waals surface area (Å²) in [5.41, 5.74) is 0. The van der Waals surface area contributed by atoms with Gasteiger partial charge in [0.15, 0.2) is 0 Å². The molecule has 0 radical (unpaired) electrons. The summed E-state index contributed by atoms with van der Waals surface area (Å²) in [6.07, 6.45) is 5.72. The molecule has 0 spiro atoms. The van der Waals surface area contributed by atoms with Crippen LogP contribution in [0.3, 0.4) is 0 Å². The number of nitrogens with zero attached hydrogens (tertiary/aromatic N) is 1. The van der Waals surface area contributed by atoms with Gasteiger partial charge in [-0.2, -0.15) is 0 Å². The minimum atomic E-state index is 0.144.